The minimum absolute atomic E-state index is 0.648. The fourth-order valence-corrected chi connectivity index (χ4v) is 2.62. The van der Waals surface area contributed by atoms with Crippen LogP contribution in [0, 0.1) is 0 Å². The van der Waals surface area contributed by atoms with Crippen LogP contribution in [0.1, 0.15) is 32.8 Å². The minimum atomic E-state index is 0.648. The smallest absolute Gasteiger partial charge is 0.128 e. The summed E-state index contributed by atoms with van der Waals surface area (Å²) < 4.78 is 0. The van der Waals surface area contributed by atoms with Gasteiger partial charge in [-0.1, -0.05) is 6.92 Å². The van der Waals surface area contributed by atoms with Crippen LogP contribution in [-0.4, -0.2) is 48.6 Å². The lowest BCUT2D eigenvalue weighted by Gasteiger charge is -2.37. The molecule has 1 fully saturated rings. The molecule has 0 aliphatic carbocycles. The normalized spacial score (nSPS) is 16.9. The van der Waals surface area contributed by atoms with E-state index in [1.165, 1.54) is 12.0 Å². The average Bonchev–Trinajstić information content (AvgIpc) is 2.48. The van der Waals surface area contributed by atoms with Crippen molar-refractivity contribution in [3.8, 4) is 0 Å². The minimum Gasteiger partial charge on any atom is -0.354 e. The number of pyridine rings is 1. The molecule has 0 aromatic carbocycles. The van der Waals surface area contributed by atoms with Crippen LogP contribution in [0.15, 0.2) is 18.3 Å². The first-order valence-electron chi connectivity index (χ1n) is 7.85. The monoisotopic (exact) mass is 276 g/mol. The molecule has 1 aromatic heterocycles. The van der Waals surface area contributed by atoms with Crippen molar-refractivity contribution in [3.63, 3.8) is 0 Å². The van der Waals surface area contributed by atoms with Crippen LogP contribution >= 0.6 is 0 Å². The second kappa shape index (κ2) is 7.60. The molecule has 2 rings (SSSR count). The third-order valence-corrected chi connectivity index (χ3v) is 3.93. The van der Waals surface area contributed by atoms with E-state index < -0.39 is 0 Å². The Balaban J connectivity index is 1.91. The van der Waals surface area contributed by atoms with E-state index in [2.05, 4.69) is 53.0 Å². The molecule has 0 radical (unpaired) electrons. The number of nitrogens with zero attached hydrogens (tertiary/aromatic N) is 3. The number of hydrogen-bond acceptors (Lipinski definition) is 4. The Kier molecular flexibility index (Phi) is 5.80. The Morgan fingerprint density at radius 2 is 2.00 bits per heavy atom. The largest absolute Gasteiger partial charge is 0.354 e. The summed E-state index contributed by atoms with van der Waals surface area (Å²) in [6.07, 6.45) is 3.11. The van der Waals surface area contributed by atoms with Crippen molar-refractivity contribution in [2.75, 3.05) is 37.6 Å². The molecule has 1 aliphatic heterocycles. The number of anilines is 1. The van der Waals surface area contributed by atoms with E-state index in [-0.39, 0.29) is 0 Å². The molecule has 1 saturated heterocycles. The van der Waals surface area contributed by atoms with Gasteiger partial charge in [-0.05, 0) is 44.5 Å². The molecule has 0 bridgehead atoms. The summed E-state index contributed by atoms with van der Waals surface area (Å²) >= 11 is 0. The van der Waals surface area contributed by atoms with E-state index in [9.17, 15) is 0 Å². The van der Waals surface area contributed by atoms with E-state index >= 15 is 0 Å². The van der Waals surface area contributed by atoms with Gasteiger partial charge in [-0.3, -0.25) is 4.90 Å². The number of aromatic nitrogens is 1. The van der Waals surface area contributed by atoms with Gasteiger partial charge in [0.2, 0.25) is 0 Å². The third kappa shape index (κ3) is 4.18. The summed E-state index contributed by atoms with van der Waals surface area (Å²) in [5, 5.41) is 3.45. The van der Waals surface area contributed by atoms with Crippen LogP contribution in [0.25, 0.3) is 0 Å². The van der Waals surface area contributed by atoms with Crippen LogP contribution in [0.4, 0.5) is 5.82 Å². The molecule has 2 heterocycles. The molecule has 1 aromatic rings. The maximum atomic E-state index is 4.54. The van der Waals surface area contributed by atoms with Gasteiger partial charge in [0.05, 0.1) is 0 Å². The SMILES string of the molecule is CCCNCc1ccnc(N2CCN(C(C)C)CC2)c1. The number of rotatable bonds is 6. The van der Waals surface area contributed by atoms with Crippen molar-refractivity contribution < 1.29 is 0 Å². The maximum absolute atomic E-state index is 4.54. The predicted octanol–water partition coefficient (Wildman–Crippen LogP) is 2.11. The molecule has 20 heavy (non-hydrogen) atoms. The van der Waals surface area contributed by atoms with Gasteiger partial charge in [-0.15, -0.1) is 0 Å². The molecule has 112 valence electrons. The first-order chi connectivity index (χ1) is 9.70. The predicted molar refractivity (Wildman–Crippen MR) is 85.2 cm³/mol. The molecule has 0 amide bonds. The lowest BCUT2D eigenvalue weighted by molar-refractivity contribution is 0.209. The van der Waals surface area contributed by atoms with E-state index in [0.717, 1.165) is 45.1 Å². The van der Waals surface area contributed by atoms with Crippen molar-refractivity contribution in [3.05, 3.63) is 23.9 Å². The van der Waals surface area contributed by atoms with E-state index in [1.54, 1.807) is 0 Å². The van der Waals surface area contributed by atoms with Crippen LogP contribution in [0.2, 0.25) is 0 Å². The van der Waals surface area contributed by atoms with Gasteiger partial charge >= 0.3 is 0 Å². The number of hydrogen-bond donors (Lipinski definition) is 1. The van der Waals surface area contributed by atoms with Crippen molar-refractivity contribution in [2.45, 2.75) is 39.8 Å². The summed E-state index contributed by atoms with van der Waals surface area (Å²) in [6, 6.07) is 4.99. The highest BCUT2D eigenvalue weighted by molar-refractivity contribution is 5.41. The molecule has 0 saturated carbocycles. The second-order valence-electron chi connectivity index (χ2n) is 5.82. The van der Waals surface area contributed by atoms with Crippen molar-refractivity contribution in [2.24, 2.45) is 0 Å². The Labute approximate surface area is 123 Å². The Hall–Kier alpha value is -1.13. The van der Waals surface area contributed by atoms with E-state index in [0.29, 0.717) is 6.04 Å². The van der Waals surface area contributed by atoms with Gasteiger partial charge in [-0.2, -0.15) is 0 Å². The van der Waals surface area contributed by atoms with Gasteiger partial charge in [0.1, 0.15) is 5.82 Å². The summed E-state index contributed by atoms with van der Waals surface area (Å²) in [5.41, 5.74) is 1.33. The lowest BCUT2D eigenvalue weighted by Crippen LogP contribution is -2.49. The number of nitrogens with one attached hydrogen (secondary N) is 1. The molecular weight excluding hydrogens is 248 g/mol. The summed E-state index contributed by atoms with van der Waals surface area (Å²) in [6.45, 7) is 13.2. The van der Waals surface area contributed by atoms with Crippen molar-refractivity contribution in [1.82, 2.24) is 15.2 Å². The van der Waals surface area contributed by atoms with Crippen LogP contribution in [0.3, 0.4) is 0 Å². The average molecular weight is 276 g/mol. The van der Waals surface area contributed by atoms with E-state index in [1.807, 2.05) is 6.20 Å². The molecular formula is C16H28N4. The molecule has 4 nitrogen and oxygen atoms in total. The molecule has 4 heteroatoms. The summed E-state index contributed by atoms with van der Waals surface area (Å²) in [7, 11) is 0. The third-order valence-electron chi connectivity index (χ3n) is 3.93. The standard InChI is InChI=1S/C16H28N4/c1-4-6-17-13-15-5-7-18-16(12-15)20-10-8-19(9-11-20)14(2)3/h5,7,12,14,17H,4,6,8-11,13H2,1-3H3. The van der Waals surface area contributed by atoms with Crippen LogP contribution in [0.5, 0.6) is 0 Å². The van der Waals surface area contributed by atoms with Crippen LogP contribution < -0.4 is 10.2 Å². The molecule has 0 spiro atoms. The highest BCUT2D eigenvalue weighted by Crippen LogP contribution is 2.16. The first-order valence-corrected chi connectivity index (χ1v) is 7.85. The molecule has 1 aliphatic rings. The zero-order chi connectivity index (χ0) is 14.4. The van der Waals surface area contributed by atoms with Gasteiger partial charge in [-0.25, -0.2) is 4.98 Å². The lowest BCUT2D eigenvalue weighted by atomic mass is 10.2. The number of piperazine rings is 1. The topological polar surface area (TPSA) is 31.4 Å². The Bertz CT molecular complexity index is 397. The van der Waals surface area contributed by atoms with Crippen molar-refractivity contribution in [1.29, 1.82) is 0 Å². The quantitative estimate of drug-likeness (QED) is 0.806. The Morgan fingerprint density at radius 3 is 2.65 bits per heavy atom. The van der Waals surface area contributed by atoms with Gasteiger partial charge < -0.3 is 10.2 Å². The zero-order valence-electron chi connectivity index (χ0n) is 13.1. The second-order valence-corrected chi connectivity index (χ2v) is 5.82. The van der Waals surface area contributed by atoms with Gasteiger partial charge in [0, 0.05) is 45.0 Å². The highest BCUT2D eigenvalue weighted by Gasteiger charge is 2.19. The van der Waals surface area contributed by atoms with Crippen molar-refractivity contribution >= 4 is 5.82 Å². The molecule has 1 N–H and O–H groups in total. The Morgan fingerprint density at radius 1 is 1.25 bits per heavy atom. The maximum Gasteiger partial charge on any atom is 0.128 e. The zero-order valence-corrected chi connectivity index (χ0v) is 13.1. The fourth-order valence-electron chi connectivity index (χ4n) is 2.62. The van der Waals surface area contributed by atoms with Gasteiger partial charge in [0.15, 0.2) is 0 Å². The molecule has 0 atom stereocenters. The first kappa shape index (κ1) is 15.3. The summed E-state index contributed by atoms with van der Waals surface area (Å²) in [4.78, 5) is 9.48. The van der Waals surface area contributed by atoms with Gasteiger partial charge in [0.25, 0.3) is 0 Å². The fraction of sp³-hybridized carbons (Fsp3) is 0.688. The highest BCUT2D eigenvalue weighted by atomic mass is 15.3. The molecule has 0 unspecified atom stereocenters. The summed E-state index contributed by atoms with van der Waals surface area (Å²) in [5.74, 6) is 1.13. The van der Waals surface area contributed by atoms with Crippen LogP contribution in [-0.2, 0) is 6.54 Å². The van der Waals surface area contributed by atoms with E-state index in [4.69, 9.17) is 0 Å².